The van der Waals surface area contributed by atoms with Gasteiger partial charge in [0.05, 0.1) is 4.92 Å². The van der Waals surface area contributed by atoms with Crippen LogP contribution in [-0.2, 0) is 4.79 Å². The summed E-state index contributed by atoms with van der Waals surface area (Å²) in [6, 6.07) is 3.91. The van der Waals surface area contributed by atoms with E-state index in [4.69, 9.17) is 23.2 Å². The molecule has 0 bridgehead atoms. The number of nitro groups is 1. The van der Waals surface area contributed by atoms with E-state index in [1.165, 1.54) is 25.1 Å². The van der Waals surface area contributed by atoms with E-state index in [0.29, 0.717) is 5.69 Å². The molecular weight excluding hydrogens is 255 g/mol. The fraction of sp³-hybridized carbons (Fsp3) is 0.222. The van der Waals surface area contributed by atoms with Gasteiger partial charge in [-0.15, -0.1) is 11.6 Å². The molecular formula is C9H8Cl2N2O3. The number of amides is 1. The average Bonchev–Trinajstić information content (AvgIpc) is 2.16. The van der Waals surface area contributed by atoms with Gasteiger partial charge < -0.3 is 5.32 Å². The lowest BCUT2D eigenvalue weighted by Crippen LogP contribution is -2.20. The quantitative estimate of drug-likeness (QED) is 0.517. The Balaban J connectivity index is 2.90. The molecule has 1 aromatic carbocycles. The van der Waals surface area contributed by atoms with E-state index in [0.717, 1.165) is 0 Å². The van der Waals surface area contributed by atoms with Gasteiger partial charge in [0.15, 0.2) is 0 Å². The topological polar surface area (TPSA) is 72.2 Å². The number of nitrogens with zero attached hydrogens (tertiary/aromatic N) is 1. The first-order chi connectivity index (χ1) is 7.41. The standard InChI is InChI=1S/C9H8Cl2N2O3/c1-5(10)9(14)12-6-2-3-8(13(15)16)7(11)4-6/h2-5H,1H3,(H,12,14). The van der Waals surface area contributed by atoms with Crippen LogP contribution >= 0.6 is 23.2 Å². The number of rotatable bonds is 3. The van der Waals surface area contributed by atoms with Crippen molar-refractivity contribution in [2.75, 3.05) is 5.32 Å². The smallest absolute Gasteiger partial charge is 0.288 e. The summed E-state index contributed by atoms with van der Waals surface area (Å²) in [4.78, 5) is 21.1. The molecule has 0 radical (unpaired) electrons. The molecule has 1 N–H and O–H groups in total. The number of anilines is 1. The minimum atomic E-state index is -0.686. The predicted octanol–water partition coefficient (Wildman–Crippen LogP) is 2.81. The van der Waals surface area contributed by atoms with Gasteiger partial charge in [0.2, 0.25) is 5.91 Å². The summed E-state index contributed by atoms with van der Waals surface area (Å²) >= 11 is 11.2. The second-order valence-corrected chi connectivity index (χ2v) is 4.09. The maximum Gasteiger partial charge on any atom is 0.288 e. The van der Waals surface area contributed by atoms with Gasteiger partial charge in [-0.3, -0.25) is 14.9 Å². The highest BCUT2D eigenvalue weighted by Crippen LogP contribution is 2.27. The number of nitro benzene ring substituents is 1. The molecule has 1 amide bonds. The minimum Gasteiger partial charge on any atom is -0.325 e. The van der Waals surface area contributed by atoms with Gasteiger partial charge in [0.1, 0.15) is 10.4 Å². The highest BCUT2D eigenvalue weighted by Gasteiger charge is 2.14. The van der Waals surface area contributed by atoms with Crippen LogP contribution in [0.1, 0.15) is 6.92 Å². The Labute approximate surface area is 101 Å². The lowest BCUT2D eigenvalue weighted by Gasteiger charge is -2.06. The van der Waals surface area contributed by atoms with E-state index in [9.17, 15) is 14.9 Å². The van der Waals surface area contributed by atoms with E-state index in [2.05, 4.69) is 5.32 Å². The monoisotopic (exact) mass is 262 g/mol. The number of carbonyl (C=O) groups excluding carboxylic acids is 1. The lowest BCUT2D eigenvalue weighted by atomic mass is 10.2. The molecule has 1 aromatic rings. The molecule has 16 heavy (non-hydrogen) atoms. The number of nitrogens with one attached hydrogen (secondary N) is 1. The first-order valence-corrected chi connectivity index (χ1v) is 5.12. The lowest BCUT2D eigenvalue weighted by molar-refractivity contribution is -0.384. The molecule has 0 aliphatic heterocycles. The Bertz CT molecular complexity index is 435. The number of benzene rings is 1. The molecule has 0 aliphatic carbocycles. The largest absolute Gasteiger partial charge is 0.325 e. The SMILES string of the molecule is CC(Cl)C(=O)Nc1ccc([N+](=O)[O-])c(Cl)c1. The van der Waals surface area contributed by atoms with Crippen LogP contribution in [0.2, 0.25) is 5.02 Å². The van der Waals surface area contributed by atoms with Crippen LogP contribution in [-0.4, -0.2) is 16.2 Å². The van der Waals surface area contributed by atoms with E-state index in [1.54, 1.807) is 0 Å². The maximum atomic E-state index is 11.2. The molecule has 1 rings (SSSR count). The highest BCUT2D eigenvalue weighted by atomic mass is 35.5. The van der Waals surface area contributed by atoms with Crippen molar-refractivity contribution >= 4 is 40.5 Å². The fourth-order valence-corrected chi connectivity index (χ4v) is 1.28. The number of carbonyl (C=O) groups is 1. The second-order valence-electron chi connectivity index (χ2n) is 3.03. The van der Waals surface area contributed by atoms with Gasteiger partial charge in [-0.25, -0.2) is 0 Å². The van der Waals surface area contributed by atoms with Crippen LogP contribution < -0.4 is 5.32 Å². The van der Waals surface area contributed by atoms with Gasteiger partial charge in [-0.2, -0.15) is 0 Å². The Hall–Kier alpha value is -1.33. The minimum absolute atomic E-state index is 0.0370. The first-order valence-electron chi connectivity index (χ1n) is 4.30. The summed E-state index contributed by atoms with van der Waals surface area (Å²) in [7, 11) is 0. The van der Waals surface area contributed by atoms with E-state index >= 15 is 0 Å². The third kappa shape index (κ3) is 3.08. The Morgan fingerprint density at radius 2 is 2.19 bits per heavy atom. The molecule has 1 atom stereocenters. The van der Waals surface area contributed by atoms with Gasteiger partial charge in [-0.1, -0.05) is 11.6 Å². The van der Waals surface area contributed by atoms with Crippen molar-refractivity contribution in [2.24, 2.45) is 0 Å². The molecule has 0 saturated heterocycles. The maximum absolute atomic E-state index is 11.2. The second kappa shape index (κ2) is 5.14. The summed E-state index contributed by atoms with van der Waals surface area (Å²) in [6.45, 7) is 1.52. The zero-order chi connectivity index (χ0) is 12.3. The number of halogens is 2. The molecule has 86 valence electrons. The number of hydrogen-bond donors (Lipinski definition) is 1. The molecule has 0 spiro atoms. The molecule has 0 aromatic heterocycles. The van der Waals surface area contributed by atoms with Crippen molar-refractivity contribution in [3.63, 3.8) is 0 Å². The van der Waals surface area contributed by atoms with Crippen molar-refractivity contribution in [2.45, 2.75) is 12.3 Å². The van der Waals surface area contributed by atoms with Crippen molar-refractivity contribution in [3.05, 3.63) is 33.3 Å². The summed E-state index contributed by atoms with van der Waals surface area (Å²) in [5.41, 5.74) is 0.159. The molecule has 5 nitrogen and oxygen atoms in total. The Morgan fingerprint density at radius 3 is 2.62 bits per heavy atom. The van der Waals surface area contributed by atoms with Gasteiger partial charge >= 0.3 is 0 Å². The summed E-state index contributed by atoms with van der Waals surface area (Å²) in [6.07, 6.45) is 0. The fourth-order valence-electron chi connectivity index (χ4n) is 0.974. The van der Waals surface area contributed by atoms with Gasteiger partial charge in [0.25, 0.3) is 5.69 Å². The normalized spacial score (nSPS) is 11.9. The van der Waals surface area contributed by atoms with Gasteiger partial charge in [-0.05, 0) is 19.1 Å². The third-order valence-corrected chi connectivity index (χ3v) is 2.27. The summed E-state index contributed by atoms with van der Waals surface area (Å²) in [5, 5.41) is 12.2. The van der Waals surface area contributed by atoms with Crippen molar-refractivity contribution in [1.82, 2.24) is 0 Å². The molecule has 1 unspecified atom stereocenters. The molecule has 7 heteroatoms. The van der Waals surface area contributed by atoms with E-state index in [-0.39, 0.29) is 10.7 Å². The van der Waals surface area contributed by atoms with Crippen LogP contribution in [0.4, 0.5) is 11.4 Å². The molecule has 0 aliphatic rings. The predicted molar refractivity (Wildman–Crippen MR) is 62.1 cm³/mol. The van der Waals surface area contributed by atoms with Crippen LogP contribution in [0.25, 0.3) is 0 Å². The van der Waals surface area contributed by atoms with E-state index < -0.39 is 16.2 Å². The zero-order valence-corrected chi connectivity index (χ0v) is 9.75. The molecule has 0 fully saturated rings. The van der Waals surface area contributed by atoms with Gasteiger partial charge in [0, 0.05) is 11.8 Å². The van der Waals surface area contributed by atoms with Crippen LogP contribution in [0.3, 0.4) is 0 Å². The van der Waals surface area contributed by atoms with E-state index in [1.807, 2.05) is 0 Å². The van der Waals surface area contributed by atoms with Crippen molar-refractivity contribution in [1.29, 1.82) is 0 Å². The van der Waals surface area contributed by atoms with Crippen molar-refractivity contribution in [3.8, 4) is 0 Å². The Kier molecular flexibility index (Phi) is 4.09. The van der Waals surface area contributed by atoms with Crippen LogP contribution in [0, 0.1) is 10.1 Å². The van der Waals surface area contributed by atoms with Crippen LogP contribution in [0.5, 0.6) is 0 Å². The van der Waals surface area contributed by atoms with Crippen molar-refractivity contribution < 1.29 is 9.72 Å². The summed E-state index contributed by atoms with van der Waals surface area (Å²) in [5.74, 6) is -0.397. The summed E-state index contributed by atoms with van der Waals surface area (Å²) < 4.78 is 0. The number of alkyl halides is 1. The Morgan fingerprint density at radius 1 is 1.56 bits per heavy atom. The average molecular weight is 263 g/mol. The highest BCUT2D eigenvalue weighted by molar-refractivity contribution is 6.33. The number of hydrogen-bond acceptors (Lipinski definition) is 3. The molecule has 0 heterocycles. The third-order valence-electron chi connectivity index (χ3n) is 1.77. The molecule has 0 saturated carbocycles. The zero-order valence-electron chi connectivity index (χ0n) is 8.24. The van der Waals surface area contributed by atoms with Crippen LogP contribution in [0.15, 0.2) is 18.2 Å². The first kappa shape index (κ1) is 12.7.